The Balaban J connectivity index is 1.50. The summed E-state index contributed by atoms with van der Waals surface area (Å²) in [5, 5.41) is 2.35. The van der Waals surface area contributed by atoms with Crippen LogP contribution in [0.1, 0.15) is 12.0 Å². The third-order valence-corrected chi connectivity index (χ3v) is 7.13. The minimum atomic E-state index is -3.84. The molecular weight excluding hydrogens is 564 g/mol. The molecule has 12 heteroatoms. The van der Waals surface area contributed by atoms with E-state index >= 15 is 0 Å². The van der Waals surface area contributed by atoms with Crippen LogP contribution in [-0.4, -0.2) is 53.5 Å². The normalized spacial score (nSPS) is 16.5. The number of benzene rings is 3. The molecule has 0 saturated carbocycles. The number of anilines is 1. The largest absolute Gasteiger partial charge is 0.497 e. The number of aliphatic imine (C=N–C) groups is 1. The summed E-state index contributed by atoms with van der Waals surface area (Å²) in [6.45, 7) is 0.369. The van der Waals surface area contributed by atoms with Crippen molar-refractivity contribution in [1.29, 1.82) is 0 Å². The smallest absolute Gasteiger partial charge is 0.487 e. The van der Waals surface area contributed by atoms with E-state index in [0.717, 1.165) is 11.3 Å². The molecule has 0 aromatic heterocycles. The van der Waals surface area contributed by atoms with Gasteiger partial charge in [0.05, 0.1) is 19.9 Å². The molecule has 3 aromatic carbocycles. The van der Waals surface area contributed by atoms with Crippen molar-refractivity contribution in [2.75, 3.05) is 26.1 Å². The number of carbonyl (C=O) groups is 2. The van der Waals surface area contributed by atoms with Gasteiger partial charge in [-0.05, 0) is 72.6 Å². The van der Waals surface area contributed by atoms with Gasteiger partial charge in [0.25, 0.3) is 0 Å². The lowest BCUT2D eigenvalue weighted by Crippen LogP contribution is -2.46. The van der Waals surface area contributed by atoms with Gasteiger partial charge in [0.15, 0.2) is 5.17 Å². The van der Waals surface area contributed by atoms with Crippen molar-refractivity contribution < 1.29 is 32.6 Å². The number of methoxy groups -OCH3 is 2. The second-order valence-corrected chi connectivity index (χ2v) is 10.2. The topological polar surface area (TPSA) is 89.5 Å². The van der Waals surface area contributed by atoms with Crippen molar-refractivity contribution in [2.45, 2.75) is 23.7 Å². The van der Waals surface area contributed by atoms with Gasteiger partial charge < -0.3 is 19.5 Å². The number of nitrogens with zero attached hydrogens (tertiary/aromatic N) is 2. The second kappa shape index (κ2) is 13.0. The van der Waals surface area contributed by atoms with Crippen LogP contribution in [0, 0.1) is 0 Å². The first kappa shape index (κ1) is 29.2. The van der Waals surface area contributed by atoms with Gasteiger partial charge in [-0.15, -0.1) is 8.78 Å². The highest BCUT2D eigenvalue weighted by Gasteiger charge is 2.36. The molecule has 3 aromatic rings. The number of hydrogen-bond acceptors (Lipinski definition) is 7. The van der Waals surface area contributed by atoms with Crippen LogP contribution in [0.2, 0.25) is 0 Å². The van der Waals surface area contributed by atoms with Gasteiger partial charge in [-0.25, -0.2) is 4.99 Å². The quantitative estimate of drug-likeness (QED) is 0.289. The number of alkyl halides is 3. The summed E-state index contributed by atoms with van der Waals surface area (Å²) < 4.78 is 40.4. The summed E-state index contributed by atoms with van der Waals surface area (Å²) in [6.07, 6.45) is 0.533. The van der Waals surface area contributed by atoms with E-state index in [0.29, 0.717) is 35.3 Å². The molecule has 1 aliphatic heterocycles. The molecule has 1 aliphatic rings. The van der Waals surface area contributed by atoms with Gasteiger partial charge >= 0.3 is 5.57 Å². The van der Waals surface area contributed by atoms with E-state index in [1.54, 1.807) is 43.4 Å². The Hall–Kier alpha value is -3.83. The Morgan fingerprint density at radius 2 is 1.57 bits per heavy atom. The van der Waals surface area contributed by atoms with E-state index in [1.165, 1.54) is 36.0 Å². The highest BCUT2D eigenvalue weighted by Crippen LogP contribution is 2.31. The maximum Gasteiger partial charge on any atom is 0.487 e. The lowest BCUT2D eigenvalue weighted by atomic mass is 10.1. The van der Waals surface area contributed by atoms with Gasteiger partial charge in [0.1, 0.15) is 22.5 Å². The fourth-order valence-electron chi connectivity index (χ4n) is 3.82. The molecule has 1 fully saturated rings. The number of amides is 2. The van der Waals surface area contributed by atoms with E-state index in [2.05, 4.69) is 15.0 Å². The predicted octanol–water partition coefficient (Wildman–Crippen LogP) is 6.07. The number of nitrogens with one attached hydrogen (secondary N) is 1. The van der Waals surface area contributed by atoms with Crippen LogP contribution in [0.4, 0.5) is 20.2 Å². The lowest BCUT2D eigenvalue weighted by Gasteiger charge is -2.32. The van der Waals surface area contributed by atoms with E-state index in [9.17, 15) is 18.4 Å². The average Bonchev–Trinajstić information content (AvgIpc) is 2.93. The fourth-order valence-corrected chi connectivity index (χ4v) is 5.04. The third-order valence-electron chi connectivity index (χ3n) is 5.87. The van der Waals surface area contributed by atoms with Crippen LogP contribution in [0.15, 0.2) is 77.8 Å². The highest BCUT2D eigenvalue weighted by molar-refractivity contribution is 8.15. The number of halogens is 3. The molecule has 0 unspecified atom stereocenters. The number of rotatable bonds is 10. The zero-order valence-electron chi connectivity index (χ0n) is 21.6. The van der Waals surface area contributed by atoms with Crippen LogP contribution in [0.5, 0.6) is 17.2 Å². The van der Waals surface area contributed by atoms with Crippen LogP contribution in [-0.2, 0) is 16.0 Å². The van der Waals surface area contributed by atoms with Crippen LogP contribution in [0.3, 0.4) is 0 Å². The molecule has 0 radical (unpaired) electrons. The van der Waals surface area contributed by atoms with Crippen molar-refractivity contribution >= 4 is 51.7 Å². The zero-order valence-corrected chi connectivity index (χ0v) is 23.2. The monoisotopic (exact) mass is 589 g/mol. The molecule has 4 rings (SSSR count). The molecule has 1 heterocycles. The van der Waals surface area contributed by atoms with Crippen molar-refractivity contribution in [3.05, 3.63) is 78.4 Å². The summed E-state index contributed by atoms with van der Waals surface area (Å²) in [7, 11) is 3.16. The van der Waals surface area contributed by atoms with Crippen molar-refractivity contribution in [3.63, 3.8) is 0 Å². The molecular formula is C28H26ClF2N3O5S. The fraction of sp³-hybridized carbons (Fsp3) is 0.250. The minimum Gasteiger partial charge on any atom is -0.497 e. The predicted molar refractivity (Wildman–Crippen MR) is 151 cm³/mol. The van der Waals surface area contributed by atoms with Gasteiger partial charge in [0, 0.05) is 30.3 Å². The van der Waals surface area contributed by atoms with Crippen molar-refractivity contribution in [1.82, 2.24) is 4.90 Å². The molecule has 0 bridgehead atoms. The van der Waals surface area contributed by atoms with E-state index in [4.69, 9.17) is 21.1 Å². The van der Waals surface area contributed by atoms with E-state index < -0.39 is 16.7 Å². The number of thioether (sulfide) groups is 1. The molecule has 1 N–H and O–H groups in total. The first-order chi connectivity index (χ1) is 19.1. The first-order valence-corrected chi connectivity index (χ1v) is 13.4. The highest BCUT2D eigenvalue weighted by atomic mass is 35.5. The Bertz CT molecular complexity index is 1350. The van der Waals surface area contributed by atoms with Gasteiger partial charge in [-0.1, -0.05) is 23.9 Å². The molecule has 1 saturated heterocycles. The maximum atomic E-state index is 13.3. The molecule has 210 valence electrons. The van der Waals surface area contributed by atoms with Crippen LogP contribution in [0.25, 0.3) is 0 Å². The minimum absolute atomic E-state index is 0.0413. The lowest BCUT2D eigenvalue weighted by molar-refractivity contribution is -0.129. The van der Waals surface area contributed by atoms with Crippen molar-refractivity contribution in [3.8, 4) is 17.2 Å². The zero-order chi connectivity index (χ0) is 28.7. The number of ether oxygens (including phenoxy) is 3. The van der Waals surface area contributed by atoms with Crippen LogP contribution >= 0.6 is 23.4 Å². The number of carbonyl (C=O) groups excluding carboxylic acids is 2. The van der Waals surface area contributed by atoms with E-state index in [1.807, 2.05) is 24.3 Å². The Labute approximate surface area is 239 Å². The first-order valence-electron chi connectivity index (χ1n) is 12.1. The van der Waals surface area contributed by atoms with Gasteiger partial charge in [0.2, 0.25) is 11.8 Å². The molecule has 40 heavy (non-hydrogen) atoms. The summed E-state index contributed by atoms with van der Waals surface area (Å²) in [4.78, 5) is 32.6. The summed E-state index contributed by atoms with van der Waals surface area (Å²) in [5.41, 5.74) is -1.89. The second-order valence-electron chi connectivity index (χ2n) is 8.61. The third kappa shape index (κ3) is 8.09. The standard InChI is InChI=1S/C28H26ClF2N3O5S/c1-37-21-9-3-18(4-10-21)15-16-34-25(35)17-24(40-27(34)33-20-5-11-22(38-2)12-6-20)26(36)32-19-7-13-23(14-8-19)39-28(29,30)31/h3-14,24H,15-17H2,1-2H3,(H,32,36)/t24-/m0/s1. The number of amidine groups is 1. The Morgan fingerprint density at radius 1 is 1.00 bits per heavy atom. The van der Waals surface area contributed by atoms with Crippen molar-refractivity contribution in [2.24, 2.45) is 4.99 Å². The Morgan fingerprint density at radius 3 is 2.15 bits per heavy atom. The Kier molecular flexibility index (Phi) is 9.49. The molecule has 1 atom stereocenters. The molecule has 8 nitrogen and oxygen atoms in total. The van der Waals surface area contributed by atoms with Gasteiger partial charge in [-0.3, -0.25) is 14.5 Å². The van der Waals surface area contributed by atoms with E-state index in [-0.39, 0.29) is 18.1 Å². The summed E-state index contributed by atoms with van der Waals surface area (Å²) in [6, 6.07) is 19.9. The number of hydrogen-bond donors (Lipinski definition) is 1. The summed E-state index contributed by atoms with van der Waals surface area (Å²) >= 11 is 5.97. The molecule has 0 spiro atoms. The van der Waals surface area contributed by atoms with Gasteiger partial charge in [-0.2, -0.15) is 0 Å². The average molecular weight is 590 g/mol. The maximum absolute atomic E-state index is 13.3. The summed E-state index contributed by atoms with van der Waals surface area (Å²) in [5.74, 6) is 0.570. The molecule has 2 amide bonds. The van der Waals surface area contributed by atoms with Crippen LogP contribution < -0.4 is 19.5 Å². The SMILES string of the molecule is COc1ccc(CCN2C(=O)C[C@@H](C(=O)Nc3ccc(OC(F)(F)Cl)cc3)SC2=Nc2ccc(OC)cc2)cc1. The molecule has 0 aliphatic carbocycles.